The first-order chi connectivity index (χ1) is 23.7. The highest BCUT2D eigenvalue weighted by molar-refractivity contribution is 7.87. The summed E-state index contributed by atoms with van der Waals surface area (Å²) in [6, 6.07) is 16.4. The molecule has 1 unspecified atom stereocenters. The summed E-state index contributed by atoms with van der Waals surface area (Å²) in [5, 5.41) is 20.4. The number of urea groups is 1. The van der Waals surface area contributed by atoms with Crippen LogP contribution in [0.3, 0.4) is 0 Å². The fraction of sp³-hybridized carbons (Fsp3) is 0.382. The van der Waals surface area contributed by atoms with Crippen molar-refractivity contribution in [1.82, 2.24) is 4.90 Å². The molecule has 0 spiro atoms. The topological polar surface area (TPSA) is 179 Å². The van der Waals surface area contributed by atoms with Crippen LogP contribution in [0.2, 0.25) is 0 Å². The Labute approximate surface area is 293 Å². The number of likely N-dealkylation sites (tertiary alicyclic amines) is 1. The van der Waals surface area contributed by atoms with E-state index in [1.165, 1.54) is 67.3 Å². The lowest BCUT2D eigenvalue weighted by Gasteiger charge is -2.44. The highest BCUT2D eigenvalue weighted by atomic mass is 32.2. The molecule has 0 bridgehead atoms. The van der Waals surface area contributed by atoms with E-state index >= 15 is 0 Å². The number of piperidine rings is 1. The van der Waals surface area contributed by atoms with E-state index in [9.17, 15) is 40.7 Å². The van der Waals surface area contributed by atoms with Crippen molar-refractivity contribution < 1.29 is 59.2 Å². The van der Waals surface area contributed by atoms with Gasteiger partial charge in [-0.15, -0.1) is 0 Å². The normalized spacial score (nSPS) is 18.2. The van der Waals surface area contributed by atoms with Crippen LogP contribution in [0.25, 0.3) is 0 Å². The first-order valence-electron chi connectivity index (χ1n) is 15.8. The number of alkyl halides is 3. The average Bonchev–Trinajstić information content (AvgIpc) is 3.04. The number of phenolic OH excluding ortho intramolecular Hbond substituents is 1. The zero-order valence-electron chi connectivity index (χ0n) is 28.1. The van der Waals surface area contributed by atoms with Gasteiger partial charge in [-0.25, -0.2) is 9.18 Å². The van der Waals surface area contributed by atoms with Gasteiger partial charge >= 0.3 is 22.3 Å². The minimum atomic E-state index is -5.19. The Hall–Kier alpha value is -4.74. The van der Waals surface area contributed by atoms with Crippen LogP contribution >= 0.6 is 0 Å². The number of nitrogens with two attached hydrogens (primary N) is 1. The van der Waals surface area contributed by atoms with Crippen LogP contribution in [0, 0.1) is 5.82 Å². The number of carboxylic acids is 1. The highest BCUT2D eigenvalue weighted by Crippen LogP contribution is 2.27. The third kappa shape index (κ3) is 12.2. The molecule has 0 radical (unpaired) electrons. The minimum Gasteiger partial charge on any atom is -0.542 e. The number of imide groups is 1. The number of carbonyl (C=O) groups excluding carboxylic acids is 3. The molecular weight excluding hydrogens is 700 g/mol. The van der Waals surface area contributed by atoms with Crippen molar-refractivity contribution >= 4 is 33.7 Å². The second-order valence-corrected chi connectivity index (χ2v) is 14.8. The molecule has 278 valence electrons. The van der Waals surface area contributed by atoms with E-state index in [2.05, 4.69) is 12.4 Å². The molecule has 1 aliphatic heterocycles. The molecule has 0 aromatic heterocycles. The number of amides is 3. The molecule has 3 aromatic rings. The van der Waals surface area contributed by atoms with Crippen molar-refractivity contribution in [3.63, 3.8) is 0 Å². The Morgan fingerprint density at radius 3 is 2.10 bits per heavy atom. The fourth-order valence-electron chi connectivity index (χ4n) is 5.39. The molecule has 3 aromatic carbocycles. The highest BCUT2D eigenvalue weighted by Gasteiger charge is 2.41. The fourth-order valence-corrected chi connectivity index (χ4v) is 5.96. The molecule has 4 rings (SSSR count). The molecule has 3 amide bonds. The zero-order valence-corrected chi connectivity index (χ0v) is 28.9. The van der Waals surface area contributed by atoms with Crippen LogP contribution in [-0.4, -0.2) is 84.5 Å². The van der Waals surface area contributed by atoms with Crippen LogP contribution in [0.15, 0.2) is 72.8 Å². The molecule has 51 heavy (non-hydrogen) atoms. The molecule has 3 atom stereocenters. The summed E-state index contributed by atoms with van der Waals surface area (Å²) in [6.45, 7) is 4.91. The first kappa shape index (κ1) is 40.7. The summed E-state index contributed by atoms with van der Waals surface area (Å²) in [4.78, 5) is 37.7. The Kier molecular flexibility index (Phi) is 13.5. The maximum Gasteiger partial charge on any atom is 0.430 e. The van der Waals surface area contributed by atoms with Gasteiger partial charge in [-0.3, -0.25) is 9.69 Å². The number of phenols is 1. The number of carboxylic acid groups (broad SMARTS) is 1. The predicted molar refractivity (Wildman–Crippen MR) is 177 cm³/mol. The number of quaternary nitrogens is 1. The quantitative estimate of drug-likeness (QED) is 0.159. The van der Waals surface area contributed by atoms with Crippen molar-refractivity contribution in [1.29, 1.82) is 0 Å². The summed E-state index contributed by atoms with van der Waals surface area (Å²) >= 11 is 0. The average molecular weight is 741 g/mol. The molecule has 4 N–H and O–H groups in total. The van der Waals surface area contributed by atoms with E-state index in [1.54, 1.807) is 24.3 Å². The SMILES string of the molecule is CC(C)S(=O)(=O)Oc1ccc(NC(=O)N(C(=O)[C@@H](N)Cc2ccc(O)cc2)[C@H]2CCC[N+](C)(Cc3ccc(F)cc3)C2)cc1.O=C([O-])C(F)(F)F. The maximum absolute atomic E-state index is 13.9. The molecule has 1 fully saturated rings. The first-order valence-corrected chi connectivity index (χ1v) is 17.2. The number of aliphatic carboxylic acids is 1. The summed E-state index contributed by atoms with van der Waals surface area (Å²) in [7, 11) is -1.74. The molecule has 17 heteroatoms. The van der Waals surface area contributed by atoms with E-state index in [4.69, 9.17) is 19.8 Å². The minimum absolute atomic E-state index is 0.0910. The number of halogens is 4. The van der Waals surface area contributed by atoms with Gasteiger partial charge in [-0.2, -0.15) is 21.6 Å². The summed E-state index contributed by atoms with van der Waals surface area (Å²) < 4.78 is 75.0. The third-order valence-corrected chi connectivity index (χ3v) is 9.60. The summed E-state index contributed by atoms with van der Waals surface area (Å²) in [5.41, 5.74) is 8.41. The van der Waals surface area contributed by atoms with Crippen LogP contribution in [0.5, 0.6) is 11.5 Å². The Bertz CT molecular complexity index is 1760. The van der Waals surface area contributed by atoms with Crippen molar-refractivity contribution in [3.05, 3.63) is 89.7 Å². The van der Waals surface area contributed by atoms with Gasteiger partial charge in [-0.05, 0) is 87.2 Å². The van der Waals surface area contributed by atoms with E-state index in [-0.39, 0.29) is 23.7 Å². The molecule has 1 aliphatic rings. The molecule has 12 nitrogen and oxygen atoms in total. The van der Waals surface area contributed by atoms with Gasteiger partial charge in [0.2, 0.25) is 5.91 Å². The largest absolute Gasteiger partial charge is 0.542 e. The number of hydrogen-bond donors (Lipinski definition) is 3. The number of likely N-dealkylation sites (N-methyl/N-ethyl adjacent to an activating group) is 1. The van der Waals surface area contributed by atoms with Crippen molar-refractivity contribution in [2.45, 2.75) is 63.2 Å². The maximum atomic E-state index is 13.9. The molecule has 1 saturated heterocycles. The van der Waals surface area contributed by atoms with E-state index in [0.717, 1.165) is 24.1 Å². The van der Waals surface area contributed by atoms with Crippen molar-refractivity contribution in [2.24, 2.45) is 5.73 Å². The molecule has 1 heterocycles. The third-order valence-electron chi connectivity index (χ3n) is 8.02. The lowest BCUT2D eigenvalue weighted by molar-refractivity contribution is -0.928. The van der Waals surface area contributed by atoms with Crippen molar-refractivity contribution in [3.8, 4) is 11.5 Å². The number of anilines is 1. The number of rotatable bonds is 10. The Balaban J connectivity index is 0.000000908. The van der Waals surface area contributed by atoms with Gasteiger partial charge in [0.25, 0.3) is 0 Å². The number of carbonyl (C=O) groups is 3. The lowest BCUT2D eigenvalue weighted by Crippen LogP contribution is -2.62. The molecule has 0 aliphatic carbocycles. The van der Waals surface area contributed by atoms with Gasteiger partial charge in [0, 0.05) is 11.3 Å². The monoisotopic (exact) mass is 740 g/mol. The number of nitrogens with one attached hydrogen (secondary N) is 1. The van der Waals surface area contributed by atoms with Crippen LogP contribution in [-0.2, 0) is 32.7 Å². The van der Waals surface area contributed by atoms with Gasteiger partial charge in [0.1, 0.15) is 36.4 Å². The van der Waals surface area contributed by atoms with Gasteiger partial charge < -0.3 is 34.7 Å². The van der Waals surface area contributed by atoms with Gasteiger partial charge in [0.15, 0.2) is 0 Å². The van der Waals surface area contributed by atoms with Gasteiger partial charge in [-0.1, -0.05) is 24.3 Å². The second-order valence-electron chi connectivity index (χ2n) is 12.7. The number of aromatic hydroxyl groups is 1. The smallest absolute Gasteiger partial charge is 0.430 e. The van der Waals surface area contributed by atoms with Crippen LogP contribution in [0.4, 0.5) is 28.0 Å². The van der Waals surface area contributed by atoms with Crippen LogP contribution in [0.1, 0.15) is 37.8 Å². The molecular formula is C34H40F4N4O8S. The number of hydrogen-bond acceptors (Lipinski definition) is 9. The number of nitrogens with zero attached hydrogens (tertiary/aromatic N) is 2. The Morgan fingerprint density at radius 2 is 1.57 bits per heavy atom. The lowest BCUT2D eigenvalue weighted by atomic mass is 9.98. The van der Waals surface area contributed by atoms with E-state index < -0.39 is 51.5 Å². The summed E-state index contributed by atoms with van der Waals surface area (Å²) in [5.74, 6) is -3.67. The van der Waals surface area contributed by atoms with Crippen LogP contribution < -0.4 is 20.3 Å². The standard InChI is InChI=1S/C32H39FN4O6S.C2HF3O2/c1-22(2)44(41,42)43-29-16-12-26(13-17-29)35-32(40)36(31(39)30(34)19-23-8-14-28(38)15-9-23)27-5-4-18-37(3,21-27)20-24-6-10-25(33)11-7-24;3-2(4,5)1(6)7/h6-17,22,27,30H,4-5,18-21,34H2,1-3H3,(H-,35,38,40);(H,6,7)/t27-,30-,37?;/m0./s1. The predicted octanol–water partition coefficient (Wildman–Crippen LogP) is 3.69. The van der Waals surface area contributed by atoms with E-state index in [0.29, 0.717) is 29.7 Å². The van der Waals surface area contributed by atoms with Gasteiger partial charge in [0.05, 0.1) is 30.9 Å². The number of benzene rings is 3. The van der Waals surface area contributed by atoms with Crippen molar-refractivity contribution in [2.75, 3.05) is 25.5 Å². The van der Waals surface area contributed by atoms with E-state index in [1.807, 2.05) is 0 Å². The summed E-state index contributed by atoms with van der Waals surface area (Å²) in [6.07, 6.45) is -3.70. The second kappa shape index (κ2) is 17.0. The Morgan fingerprint density at radius 1 is 1.02 bits per heavy atom. The molecule has 0 saturated carbocycles. The zero-order chi connectivity index (χ0) is 38.1.